The molecule has 0 spiro atoms. The molecule has 41 heavy (non-hydrogen) atoms. The van der Waals surface area contributed by atoms with Crippen LogP contribution in [0.1, 0.15) is 39.3 Å². The molecule has 1 amide bonds. The molecule has 1 saturated heterocycles. The smallest absolute Gasteiger partial charge is 0.354 e. The standard InChI is InChI=1S/C26H23F6N5O3S/c1-41(39,40,21-5-3-2-4-20(21)26(30,31)32)18-10-11-37(15-18)23-19(14-34-22(12-33)36-23)24(38)35-13-16-6-8-17(9-7-16)25(27,28)29/h2-9,14,18H,10-11,13,15H2,1H3,(H,35,38)(H,39,40)/t18-/m0/s1. The highest BCUT2D eigenvalue weighted by molar-refractivity contribution is 8.15. The van der Waals surface area contributed by atoms with E-state index in [0.717, 1.165) is 42.8 Å². The molecule has 0 aliphatic carbocycles. The number of hydrogen-bond acceptors (Lipinski definition) is 6. The van der Waals surface area contributed by atoms with Crippen molar-refractivity contribution < 1.29 is 39.9 Å². The van der Waals surface area contributed by atoms with Gasteiger partial charge in [-0.2, -0.15) is 41.0 Å². The predicted octanol–water partition coefficient (Wildman–Crippen LogP) is 4.88. The molecule has 4 rings (SSSR count). The zero-order valence-electron chi connectivity index (χ0n) is 21.3. The van der Waals surface area contributed by atoms with E-state index in [1.807, 2.05) is 0 Å². The zero-order chi connectivity index (χ0) is 30.2. The minimum Gasteiger partial charge on any atom is -0.354 e. The number of anilines is 1. The van der Waals surface area contributed by atoms with Crippen LogP contribution >= 0.6 is 0 Å². The van der Waals surface area contributed by atoms with Crippen LogP contribution in [0.3, 0.4) is 0 Å². The van der Waals surface area contributed by atoms with Gasteiger partial charge in [0.05, 0.1) is 21.3 Å². The second kappa shape index (κ2) is 10.4. The molecule has 0 radical (unpaired) electrons. The van der Waals surface area contributed by atoms with Crippen molar-refractivity contribution in [1.29, 1.82) is 5.26 Å². The molecule has 0 saturated carbocycles. The lowest BCUT2D eigenvalue weighted by atomic mass is 10.1. The third-order valence-electron chi connectivity index (χ3n) is 6.80. The first-order chi connectivity index (χ1) is 19.0. The van der Waals surface area contributed by atoms with Crippen molar-refractivity contribution in [2.45, 2.75) is 35.5 Å². The van der Waals surface area contributed by atoms with Gasteiger partial charge in [-0.05, 0) is 36.2 Å². The molecule has 1 fully saturated rings. The van der Waals surface area contributed by atoms with Crippen molar-refractivity contribution in [3.63, 3.8) is 0 Å². The minimum atomic E-state index is -5.11. The quantitative estimate of drug-likeness (QED) is 0.388. The number of aromatic nitrogens is 2. The van der Waals surface area contributed by atoms with Crippen molar-refractivity contribution >= 4 is 21.1 Å². The molecule has 2 heterocycles. The van der Waals surface area contributed by atoms with Crippen LogP contribution in [0.5, 0.6) is 0 Å². The molecule has 1 aliphatic heterocycles. The fourth-order valence-corrected chi connectivity index (χ4v) is 7.28. The van der Waals surface area contributed by atoms with Gasteiger partial charge in [-0.15, -0.1) is 0 Å². The van der Waals surface area contributed by atoms with Gasteiger partial charge < -0.3 is 10.2 Å². The number of halogens is 6. The van der Waals surface area contributed by atoms with Gasteiger partial charge >= 0.3 is 12.4 Å². The first-order valence-electron chi connectivity index (χ1n) is 12.0. The number of rotatable bonds is 6. The van der Waals surface area contributed by atoms with E-state index >= 15 is 0 Å². The molecule has 2 N–H and O–H groups in total. The molecule has 3 aromatic rings. The van der Waals surface area contributed by atoms with Crippen LogP contribution in [0.4, 0.5) is 32.2 Å². The maximum atomic E-state index is 13.9. The van der Waals surface area contributed by atoms with Crippen molar-refractivity contribution in [1.82, 2.24) is 15.3 Å². The number of amides is 1. The third kappa shape index (κ3) is 6.18. The van der Waals surface area contributed by atoms with E-state index in [2.05, 4.69) is 15.3 Å². The van der Waals surface area contributed by atoms with E-state index in [1.54, 1.807) is 6.07 Å². The number of alkyl halides is 6. The molecule has 0 bridgehead atoms. The Hall–Kier alpha value is -4.03. The number of hydrogen-bond donors (Lipinski definition) is 2. The Morgan fingerprint density at radius 3 is 2.39 bits per heavy atom. The van der Waals surface area contributed by atoms with E-state index in [0.29, 0.717) is 5.56 Å². The summed E-state index contributed by atoms with van der Waals surface area (Å²) in [5.41, 5.74) is -1.85. The molecule has 1 atom stereocenters. The van der Waals surface area contributed by atoms with Crippen molar-refractivity contribution in [3.8, 4) is 6.07 Å². The van der Waals surface area contributed by atoms with Crippen LogP contribution in [-0.4, -0.2) is 49.2 Å². The topological polar surface area (TPSA) is 119 Å². The van der Waals surface area contributed by atoms with Crippen molar-refractivity contribution in [2.24, 2.45) is 0 Å². The third-order valence-corrected chi connectivity index (χ3v) is 10.2. The lowest BCUT2D eigenvalue weighted by molar-refractivity contribution is -0.140. The number of nitrogens with one attached hydrogen (secondary N) is 1. The van der Waals surface area contributed by atoms with Crippen LogP contribution in [0.15, 0.2) is 59.6 Å². The first-order valence-corrected chi connectivity index (χ1v) is 14.4. The largest absolute Gasteiger partial charge is 0.418 e. The normalized spacial score (nSPS) is 17.0. The SMILES string of the molecule is CS(=O)(O)(c1ccccc1C(F)(F)F)[C@H]1CCN(c2nc(C#N)ncc2C(=O)NCc2ccc(C(F)(F)F)cc2)C1. The fraction of sp³-hybridized carbons (Fsp3) is 0.308. The number of nitriles is 1. The summed E-state index contributed by atoms with van der Waals surface area (Å²) in [6.07, 6.45) is -7.47. The Morgan fingerprint density at radius 2 is 1.78 bits per heavy atom. The number of carbonyl (C=O) groups is 1. The van der Waals surface area contributed by atoms with Crippen LogP contribution < -0.4 is 10.2 Å². The highest BCUT2D eigenvalue weighted by Gasteiger charge is 2.46. The maximum absolute atomic E-state index is 13.9. The summed E-state index contributed by atoms with van der Waals surface area (Å²) in [6.45, 7) is -0.385. The molecule has 1 aliphatic rings. The highest BCUT2D eigenvalue weighted by Crippen LogP contribution is 2.45. The van der Waals surface area contributed by atoms with E-state index in [-0.39, 0.29) is 43.3 Å². The predicted molar refractivity (Wildman–Crippen MR) is 136 cm³/mol. The molecular weight excluding hydrogens is 576 g/mol. The average Bonchev–Trinajstić information content (AvgIpc) is 3.42. The van der Waals surface area contributed by atoms with Gasteiger partial charge in [0, 0.05) is 32.1 Å². The Bertz CT molecular complexity index is 1580. The van der Waals surface area contributed by atoms with Gasteiger partial charge in [0.1, 0.15) is 17.5 Å². The lowest BCUT2D eigenvalue weighted by Gasteiger charge is -2.45. The van der Waals surface area contributed by atoms with Crippen LogP contribution in [0.25, 0.3) is 0 Å². The number of nitrogens with zero attached hydrogens (tertiary/aromatic N) is 4. The van der Waals surface area contributed by atoms with Gasteiger partial charge in [0.25, 0.3) is 5.91 Å². The second-order valence-electron chi connectivity index (χ2n) is 9.63. The van der Waals surface area contributed by atoms with Crippen LogP contribution in [0, 0.1) is 11.3 Å². The maximum Gasteiger partial charge on any atom is 0.418 e. The van der Waals surface area contributed by atoms with Crippen LogP contribution in [-0.2, 0) is 28.2 Å². The summed E-state index contributed by atoms with van der Waals surface area (Å²) in [6, 6.07) is 9.93. The molecule has 2 aromatic carbocycles. The Morgan fingerprint density at radius 1 is 1.12 bits per heavy atom. The number of carbonyl (C=O) groups excluding carboxylic acids is 1. The van der Waals surface area contributed by atoms with Gasteiger partial charge in [-0.25, -0.2) is 14.2 Å². The van der Waals surface area contributed by atoms with E-state index in [4.69, 9.17) is 0 Å². The van der Waals surface area contributed by atoms with Gasteiger partial charge in [0.15, 0.2) is 0 Å². The van der Waals surface area contributed by atoms with Crippen molar-refractivity contribution in [2.75, 3.05) is 24.2 Å². The molecule has 8 nitrogen and oxygen atoms in total. The van der Waals surface area contributed by atoms with Gasteiger partial charge in [-0.3, -0.25) is 9.35 Å². The highest BCUT2D eigenvalue weighted by atomic mass is 32.3. The summed E-state index contributed by atoms with van der Waals surface area (Å²) >= 11 is 0. The minimum absolute atomic E-state index is 0.0247. The lowest BCUT2D eigenvalue weighted by Crippen LogP contribution is -2.46. The van der Waals surface area contributed by atoms with Crippen LogP contribution in [0.2, 0.25) is 0 Å². The Balaban J connectivity index is 1.59. The van der Waals surface area contributed by atoms with Crippen molar-refractivity contribution in [3.05, 3.63) is 82.8 Å². The van der Waals surface area contributed by atoms with Gasteiger partial charge in [-0.1, -0.05) is 24.3 Å². The summed E-state index contributed by atoms with van der Waals surface area (Å²) in [7, 11) is -5.11. The summed E-state index contributed by atoms with van der Waals surface area (Å²) < 4.78 is 105. The Labute approximate surface area is 230 Å². The van der Waals surface area contributed by atoms with E-state index < -0.39 is 48.9 Å². The molecular formula is C26H23F6N5O3S. The molecule has 218 valence electrons. The zero-order valence-corrected chi connectivity index (χ0v) is 22.1. The van der Waals surface area contributed by atoms with E-state index in [9.17, 15) is 45.2 Å². The first kappa shape index (κ1) is 29.9. The number of benzene rings is 2. The fourth-order valence-electron chi connectivity index (χ4n) is 4.60. The van der Waals surface area contributed by atoms with Gasteiger partial charge in [0.2, 0.25) is 5.82 Å². The molecule has 15 heteroatoms. The summed E-state index contributed by atoms with van der Waals surface area (Å²) in [5.74, 6) is -1.13. The monoisotopic (exact) mass is 599 g/mol. The molecule has 1 aromatic heterocycles. The van der Waals surface area contributed by atoms with E-state index in [1.165, 1.54) is 23.1 Å². The Kier molecular flexibility index (Phi) is 7.61. The summed E-state index contributed by atoms with van der Waals surface area (Å²) in [5, 5.41) is 10.6. The average molecular weight is 600 g/mol. The second-order valence-corrected chi connectivity index (χ2v) is 13.5. The summed E-state index contributed by atoms with van der Waals surface area (Å²) in [4.78, 5) is 21.6. The molecule has 0 unspecified atom stereocenters.